The van der Waals surface area contributed by atoms with E-state index >= 15 is 0 Å². The van der Waals surface area contributed by atoms with Gasteiger partial charge < -0.3 is 9.84 Å². The molecular weight excluding hydrogens is 418 g/mol. The molecule has 0 aliphatic heterocycles. The largest absolute Gasteiger partial charge is 0.493 e. The van der Waals surface area contributed by atoms with Crippen molar-refractivity contribution >= 4 is 56.9 Å². The summed E-state index contributed by atoms with van der Waals surface area (Å²) in [6.45, 7) is 2.00. The predicted molar refractivity (Wildman–Crippen MR) is 85.8 cm³/mol. The Balaban J connectivity index is 2.85. The van der Waals surface area contributed by atoms with Crippen LogP contribution in [-0.2, 0) is 11.3 Å². The molecule has 1 aromatic carbocycles. The lowest BCUT2D eigenvalue weighted by Gasteiger charge is -2.16. The third kappa shape index (κ3) is 2.95. The van der Waals surface area contributed by atoms with Crippen molar-refractivity contribution in [3.05, 3.63) is 21.3 Å². The summed E-state index contributed by atoms with van der Waals surface area (Å²) >= 11 is 9.21. The number of thioether (sulfide) groups is 1. The van der Waals surface area contributed by atoms with Crippen molar-refractivity contribution < 1.29 is 14.2 Å². The van der Waals surface area contributed by atoms with E-state index in [2.05, 4.69) is 9.97 Å². The van der Waals surface area contributed by atoms with Crippen molar-refractivity contribution in [2.24, 2.45) is 0 Å². The van der Waals surface area contributed by atoms with Crippen molar-refractivity contribution in [3.8, 4) is 5.88 Å². The van der Waals surface area contributed by atoms with E-state index in [-0.39, 0.29) is 28.1 Å². The number of fused-ring (bicyclic) bond motifs is 1. The summed E-state index contributed by atoms with van der Waals surface area (Å²) in [5, 5.41) is 10.2. The first-order valence-electron chi connectivity index (χ1n) is 5.60. The lowest BCUT2D eigenvalue weighted by atomic mass is 10.1. The van der Waals surface area contributed by atoms with Crippen molar-refractivity contribution in [2.75, 3.05) is 7.11 Å². The molecule has 1 aromatic heterocycles. The Morgan fingerprint density at radius 2 is 2.25 bits per heavy atom. The van der Waals surface area contributed by atoms with Gasteiger partial charge in [-0.25, -0.2) is 14.4 Å². The first-order chi connectivity index (χ1) is 9.47. The maximum atomic E-state index is 14.4. The zero-order valence-electron chi connectivity index (χ0n) is 10.7. The topological polar surface area (TPSA) is 55.2 Å². The maximum absolute atomic E-state index is 14.4. The number of aromatic hydroxyl groups is 1. The van der Waals surface area contributed by atoms with Gasteiger partial charge in [-0.1, -0.05) is 0 Å². The number of nitrogens with zero attached hydrogens (tertiary/aromatic N) is 2. The summed E-state index contributed by atoms with van der Waals surface area (Å²) in [5.41, 5.74) is 0.726. The van der Waals surface area contributed by atoms with Crippen LogP contribution in [0.2, 0.25) is 0 Å². The summed E-state index contributed by atoms with van der Waals surface area (Å²) in [6, 6.07) is 0. The fourth-order valence-electron chi connectivity index (χ4n) is 1.84. The van der Waals surface area contributed by atoms with E-state index in [1.54, 1.807) is 6.92 Å². The highest BCUT2D eigenvalue weighted by atomic mass is 127. The molecule has 0 amide bonds. The molecule has 1 unspecified atom stereocenters. The molecule has 20 heavy (non-hydrogen) atoms. The normalized spacial score (nSPS) is 12.8. The van der Waals surface area contributed by atoms with Crippen LogP contribution in [0.15, 0.2) is 11.2 Å². The van der Waals surface area contributed by atoms with Crippen LogP contribution >= 0.6 is 46.0 Å². The van der Waals surface area contributed by atoms with Gasteiger partial charge in [-0.3, -0.25) is 0 Å². The number of ether oxygens (including phenoxy) is 1. The standard InChI is InChI=1S/C12H11ClFIN2O2S/c1-5(13)20-11-6(3-19-2)7-10(8(14)9(11)15)16-4-17-12(7)18/h4-5H,3H2,1-2H3,(H,16,17,18). The van der Waals surface area contributed by atoms with Crippen LogP contribution in [0.5, 0.6) is 5.88 Å². The van der Waals surface area contributed by atoms with Crippen molar-refractivity contribution in [1.82, 2.24) is 9.97 Å². The Hall–Kier alpha value is -0.380. The van der Waals surface area contributed by atoms with Crippen LogP contribution in [0.4, 0.5) is 4.39 Å². The second kappa shape index (κ2) is 6.59. The highest BCUT2D eigenvalue weighted by molar-refractivity contribution is 14.1. The number of methoxy groups -OCH3 is 1. The Bertz CT molecular complexity index is 657. The van der Waals surface area contributed by atoms with Gasteiger partial charge in [-0.15, -0.1) is 23.4 Å². The van der Waals surface area contributed by atoms with Gasteiger partial charge in [0.1, 0.15) is 11.8 Å². The van der Waals surface area contributed by atoms with E-state index in [0.717, 1.165) is 6.33 Å². The highest BCUT2D eigenvalue weighted by Crippen LogP contribution is 2.41. The van der Waals surface area contributed by atoms with Gasteiger partial charge in [0.25, 0.3) is 0 Å². The van der Waals surface area contributed by atoms with Crippen LogP contribution in [0.25, 0.3) is 10.9 Å². The third-order valence-corrected chi connectivity index (χ3v) is 5.23. The molecule has 1 atom stereocenters. The van der Waals surface area contributed by atoms with E-state index in [1.165, 1.54) is 18.9 Å². The molecular formula is C12H11ClFIN2O2S. The van der Waals surface area contributed by atoms with Crippen molar-refractivity contribution in [3.63, 3.8) is 0 Å². The summed E-state index contributed by atoms with van der Waals surface area (Å²) in [5.74, 6) is -0.751. The molecule has 2 aromatic rings. The number of hydrogen-bond donors (Lipinski definition) is 1. The zero-order valence-corrected chi connectivity index (χ0v) is 14.4. The lowest BCUT2D eigenvalue weighted by molar-refractivity contribution is 0.183. The molecule has 108 valence electrons. The van der Waals surface area contributed by atoms with Gasteiger partial charge >= 0.3 is 0 Å². The van der Waals surface area contributed by atoms with Crippen molar-refractivity contribution in [2.45, 2.75) is 23.1 Å². The van der Waals surface area contributed by atoms with Gasteiger partial charge in [0.2, 0.25) is 5.88 Å². The number of benzene rings is 1. The minimum Gasteiger partial charge on any atom is -0.493 e. The number of aromatic nitrogens is 2. The van der Waals surface area contributed by atoms with E-state index < -0.39 is 5.82 Å². The zero-order chi connectivity index (χ0) is 14.9. The number of rotatable bonds is 4. The molecule has 0 saturated carbocycles. The molecule has 1 heterocycles. The molecule has 0 aliphatic carbocycles. The molecule has 0 bridgehead atoms. The summed E-state index contributed by atoms with van der Waals surface area (Å²) in [4.78, 5) is 8.28. The van der Waals surface area contributed by atoms with Crippen LogP contribution in [0.1, 0.15) is 12.5 Å². The van der Waals surface area contributed by atoms with E-state index in [9.17, 15) is 9.50 Å². The van der Waals surface area contributed by atoms with Crippen LogP contribution in [-0.4, -0.2) is 26.9 Å². The van der Waals surface area contributed by atoms with Gasteiger partial charge in [-0.05, 0) is 29.5 Å². The molecule has 0 radical (unpaired) electrons. The Morgan fingerprint density at radius 1 is 1.55 bits per heavy atom. The minimum atomic E-state index is -0.488. The summed E-state index contributed by atoms with van der Waals surface area (Å²) in [6.07, 6.45) is 1.13. The first kappa shape index (κ1) is 16.0. The summed E-state index contributed by atoms with van der Waals surface area (Å²) in [7, 11) is 1.53. The Labute approximate surface area is 138 Å². The van der Waals surface area contributed by atoms with Gasteiger partial charge in [0.05, 0.1) is 20.3 Å². The van der Waals surface area contributed by atoms with E-state index in [1.807, 2.05) is 22.6 Å². The van der Waals surface area contributed by atoms with Crippen LogP contribution in [0.3, 0.4) is 0 Å². The average Bonchev–Trinajstić information content (AvgIpc) is 2.39. The third-order valence-electron chi connectivity index (χ3n) is 2.57. The molecule has 0 fully saturated rings. The van der Waals surface area contributed by atoms with Gasteiger partial charge in [0, 0.05) is 17.6 Å². The SMILES string of the molecule is COCc1c(SC(C)Cl)c(I)c(F)c2ncnc(O)c12. The van der Waals surface area contributed by atoms with Crippen LogP contribution in [0, 0.1) is 9.39 Å². The number of alkyl halides is 1. The fourth-order valence-corrected chi connectivity index (χ4v) is 3.89. The number of halogens is 3. The minimum absolute atomic E-state index is 0.0838. The second-order valence-electron chi connectivity index (χ2n) is 3.95. The molecule has 0 aliphatic rings. The smallest absolute Gasteiger partial charge is 0.222 e. The molecule has 1 N–H and O–H groups in total. The molecule has 4 nitrogen and oxygen atoms in total. The quantitative estimate of drug-likeness (QED) is 0.455. The molecule has 0 saturated heterocycles. The Morgan fingerprint density at radius 3 is 2.85 bits per heavy atom. The van der Waals surface area contributed by atoms with Crippen molar-refractivity contribution in [1.29, 1.82) is 0 Å². The summed E-state index contributed by atoms with van der Waals surface area (Å²) < 4.78 is 19.7. The second-order valence-corrected chi connectivity index (χ2v) is 7.29. The monoisotopic (exact) mass is 428 g/mol. The van der Waals surface area contributed by atoms with Gasteiger partial charge in [-0.2, -0.15) is 0 Å². The predicted octanol–water partition coefficient (Wildman–Crippen LogP) is 3.90. The average molecular weight is 429 g/mol. The fraction of sp³-hybridized carbons (Fsp3) is 0.333. The van der Waals surface area contributed by atoms with Gasteiger partial charge in [0.15, 0.2) is 5.82 Å². The maximum Gasteiger partial charge on any atom is 0.222 e. The Kier molecular flexibility index (Phi) is 5.27. The lowest BCUT2D eigenvalue weighted by Crippen LogP contribution is -2.03. The van der Waals surface area contributed by atoms with Crippen LogP contribution < -0.4 is 0 Å². The molecule has 2 rings (SSSR count). The van der Waals surface area contributed by atoms with E-state index in [0.29, 0.717) is 14.0 Å². The molecule has 0 spiro atoms. The van der Waals surface area contributed by atoms with E-state index in [4.69, 9.17) is 16.3 Å². The number of hydrogen-bond acceptors (Lipinski definition) is 5. The first-order valence-corrected chi connectivity index (χ1v) is 8.00. The highest BCUT2D eigenvalue weighted by Gasteiger charge is 2.23. The molecule has 8 heteroatoms.